The maximum absolute atomic E-state index is 5.48. The van der Waals surface area contributed by atoms with E-state index in [0.717, 1.165) is 51.7 Å². The third-order valence-corrected chi connectivity index (χ3v) is 9.23. The van der Waals surface area contributed by atoms with Crippen molar-refractivity contribution in [2.24, 2.45) is 0 Å². The quantitative estimate of drug-likeness (QED) is 0.355. The molecule has 1 N–H and O–H groups in total. The van der Waals surface area contributed by atoms with E-state index in [1.54, 1.807) is 46.2 Å². The first-order chi connectivity index (χ1) is 14.7. The van der Waals surface area contributed by atoms with Gasteiger partial charge in [0.2, 0.25) is 0 Å². The van der Waals surface area contributed by atoms with Crippen LogP contribution in [0.2, 0.25) is 0 Å². The number of aromatic nitrogens is 2. The Morgan fingerprint density at radius 2 is 1.43 bits per heavy atom. The molecule has 2 aromatic heterocycles. The van der Waals surface area contributed by atoms with Crippen LogP contribution in [0.25, 0.3) is 20.4 Å². The molecule has 5 rings (SSSR count). The van der Waals surface area contributed by atoms with Crippen molar-refractivity contribution in [3.05, 3.63) is 58.5 Å². The minimum Gasteiger partial charge on any atom is -0.379 e. The van der Waals surface area contributed by atoms with Gasteiger partial charge in [-0.15, -0.1) is 22.7 Å². The highest BCUT2D eigenvalue weighted by molar-refractivity contribution is 8.23. The standard InChI is InChI=1S/C21H20N4OS4/c1-14(24-25-10-12-26-13-11-25)19(29-20-22-15-6-2-4-8-17(15)27-20)30-21-23-16-7-3-5-9-18(16)28-21/h2-9,24H,10-13H2,1H3. The number of hydrazine groups is 1. The van der Waals surface area contributed by atoms with Crippen molar-refractivity contribution < 1.29 is 4.74 Å². The normalized spacial score (nSPS) is 15.0. The van der Waals surface area contributed by atoms with Crippen molar-refractivity contribution in [2.75, 3.05) is 26.3 Å². The van der Waals surface area contributed by atoms with E-state index in [9.17, 15) is 0 Å². The van der Waals surface area contributed by atoms with Crippen LogP contribution in [0.1, 0.15) is 6.92 Å². The number of benzene rings is 2. The Morgan fingerprint density at radius 3 is 1.97 bits per heavy atom. The molecule has 1 fully saturated rings. The monoisotopic (exact) mass is 472 g/mol. The van der Waals surface area contributed by atoms with E-state index in [0.29, 0.717) is 0 Å². The van der Waals surface area contributed by atoms with Crippen LogP contribution >= 0.6 is 46.2 Å². The summed E-state index contributed by atoms with van der Waals surface area (Å²) < 4.78 is 11.2. The summed E-state index contributed by atoms with van der Waals surface area (Å²) in [5, 5.41) is 2.22. The molecular formula is C21H20N4OS4. The number of fused-ring (bicyclic) bond motifs is 2. The van der Waals surface area contributed by atoms with E-state index < -0.39 is 0 Å². The second kappa shape index (κ2) is 9.25. The van der Waals surface area contributed by atoms with Crippen LogP contribution < -0.4 is 5.43 Å². The lowest BCUT2D eigenvalue weighted by molar-refractivity contribution is 0.0187. The maximum Gasteiger partial charge on any atom is 0.156 e. The third kappa shape index (κ3) is 4.66. The van der Waals surface area contributed by atoms with Gasteiger partial charge in [-0.1, -0.05) is 24.3 Å². The summed E-state index contributed by atoms with van der Waals surface area (Å²) in [6, 6.07) is 16.6. The minimum absolute atomic E-state index is 0.756. The molecule has 0 radical (unpaired) electrons. The van der Waals surface area contributed by atoms with Crippen LogP contribution in [-0.4, -0.2) is 41.3 Å². The fourth-order valence-corrected chi connectivity index (χ4v) is 7.81. The smallest absolute Gasteiger partial charge is 0.156 e. The van der Waals surface area contributed by atoms with Gasteiger partial charge in [0.05, 0.1) is 37.9 Å². The molecule has 0 amide bonds. The Hall–Kier alpha value is -1.62. The number of thioether (sulfide) groups is 2. The first-order valence-corrected chi connectivity index (χ1v) is 12.9. The fraction of sp³-hybridized carbons (Fsp3) is 0.238. The minimum atomic E-state index is 0.756. The highest BCUT2D eigenvalue weighted by Gasteiger charge is 2.17. The average Bonchev–Trinajstić information content (AvgIpc) is 3.36. The van der Waals surface area contributed by atoms with Gasteiger partial charge in [-0.05, 0) is 54.7 Å². The number of ether oxygens (including phenoxy) is 1. The van der Waals surface area contributed by atoms with Gasteiger partial charge < -0.3 is 10.2 Å². The molecule has 3 heterocycles. The molecule has 1 aliphatic heterocycles. The Labute approximate surface area is 191 Å². The Kier molecular flexibility index (Phi) is 6.26. The summed E-state index contributed by atoms with van der Waals surface area (Å²) in [5.41, 5.74) is 6.79. The molecule has 0 saturated carbocycles. The maximum atomic E-state index is 5.48. The van der Waals surface area contributed by atoms with E-state index in [2.05, 4.69) is 53.8 Å². The number of hydrogen-bond donors (Lipinski definition) is 1. The topological polar surface area (TPSA) is 50.3 Å². The molecule has 0 spiro atoms. The van der Waals surface area contributed by atoms with Crippen LogP contribution in [0.4, 0.5) is 0 Å². The zero-order valence-electron chi connectivity index (χ0n) is 16.3. The van der Waals surface area contributed by atoms with Crippen molar-refractivity contribution in [1.82, 2.24) is 20.4 Å². The van der Waals surface area contributed by atoms with Gasteiger partial charge in [-0.2, -0.15) is 0 Å². The largest absolute Gasteiger partial charge is 0.379 e. The Morgan fingerprint density at radius 1 is 0.900 bits per heavy atom. The molecule has 4 aromatic rings. The molecular weight excluding hydrogens is 453 g/mol. The number of para-hydroxylation sites is 2. The molecule has 1 saturated heterocycles. The summed E-state index contributed by atoms with van der Waals surface area (Å²) >= 11 is 6.89. The van der Waals surface area contributed by atoms with Crippen LogP contribution in [0.15, 0.2) is 67.1 Å². The summed E-state index contributed by atoms with van der Waals surface area (Å²) in [4.78, 5) is 9.64. The number of hydrogen-bond acceptors (Lipinski definition) is 9. The van der Waals surface area contributed by atoms with Crippen LogP contribution in [0.5, 0.6) is 0 Å². The van der Waals surface area contributed by atoms with Crippen LogP contribution in [-0.2, 0) is 4.74 Å². The van der Waals surface area contributed by atoms with Gasteiger partial charge >= 0.3 is 0 Å². The lowest BCUT2D eigenvalue weighted by Crippen LogP contribution is -2.44. The molecule has 5 nitrogen and oxygen atoms in total. The van der Waals surface area contributed by atoms with Crippen LogP contribution in [0.3, 0.4) is 0 Å². The van der Waals surface area contributed by atoms with Crippen molar-refractivity contribution >= 4 is 66.6 Å². The molecule has 1 aliphatic rings. The van der Waals surface area contributed by atoms with Crippen molar-refractivity contribution in [2.45, 2.75) is 15.6 Å². The van der Waals surface area contributed by atoms with Crippen molar-refractivity contribution in [3.8, 4) is 0 Å². The lowest BCUT2D eigenvalue weighted by atomic mass is 10.3. The molecule has 0 unspecified atom stereocenters. The van der Waals surface area contributed by atoms with E-state index >= 15 is 0 Å². The molecule has 0 bridgehead atoms. The van der Waals surface area contributed by atoms with E-state index in [4.69, 9.17) is 14.7 Å². The van der Waals surface area contributed by atoms with Crippen molar-refractivity contribution in [3.63, 3.8) is 0 Å². The fourth-order valence-electron chi connectivity index (χ4n) is 3.08. The Bertz CT molecular complexity index is 1050. The summed E-state index contributed by atoms with van der Waals surface area (Å²) in [6.07, 6.45) is 0. The Balaban J connectivity index is 1.44. The van der Waals surface area contributed by atoms with Gasteiger partial charge in [-0.3, -0.25) is 0 Å². The SMILES string of the molecule is CC(NN1CCOCC1)=C(Sc1nc2ccccc2s1)Sc1nc2ccccc2s1. The van der Waals surface area contributed by atoms with Gasteiger partial charge in [0.15, 0.2) is 8.68 Å². The van der Waals surface area contributed by atoms with Gasteiger partial charge in [0.1, 0.15) is 0 Å². The van der Waals surface area contributed by atoms with Gasteiger partial charge in [-0.25, -0.2) is 15.0 Å². The zero-order valence-corrected chi connectivity index (χ0v) is 19.6. The van der Waals surface area contributed by atoms with E-state index in [1.165, 1.54) is 13.6 Å². The predicted octanol–water partition coefficient (Wildman–Crippen LogP) is 5.82. The number of thiazole rings is 2. The van der Waals surface area contributed by atoms with E-state index in [-0.39, 0.29) is 0 Å². The highest BCUT2D eigenvalue weighted by Crippen LogP contribution is 2.45. The second-order valence-corrected chi connectivity index (χ2v) is 11.6. The molecule has 154 valence electrons. The second-order valence-electron chi connectivity index (χ2n) is 6.72. The summed E-state index contributed by atoms with van der Waals surface area (Å²) in [6.45, 7) is 5.40. The number of nitrogens with zero attached hydrogens (tertiary/aromatic N) is 3. The lowest BCUT2D eigenvalue weighted by Gasteiger charge is -2.28. The van der Waals surface area contributed by atoms with Gasteiger partial charge in [0.25, 0.3) is 0 Å². The number of rotatable bonds is 6. The molecule has 9 heteroatoms. The van der Waals surface area contributed by atoms with E-state index in [1.807, 2.05) is 12.1 Å². The van der Waals surface area contributed by atoms with Crippen LogP contribution in [0, 0.1) is 0 Å². The first kappa shape index (κ1) is 20.3. The molecule has 30 heavy (non-hydrogen) atoms. The van der Waals surface area contributed by atoms with Gasteiger partial charge in [0, 0.05) is 18.8 Å². The predicted molar refractivity (Wildman–Crippen MR) is 129 cm³/mol. The molecule has 0 atom stereocenters. The summed E-state index contributed by atoms with van der Waals surface area (Å²) in [5.74, 6) is 0. The number of allylic oxidation sites excluding steroid dienone is 1. The molecule has 2 aromatic carbocycles. The zero-order chi connectivity index (χ0) is 20.3. The number of morpholine rings is 1. The average molecular weight is 473 g/mol. The third-order valence-electron chi connectivity index (χ3n) is 4.55. The first-order valence-electron chi connectivity index (χ1n) is 9.62. The highest BCUT2D eigenvalue weighted by atomic mass is 32.2. The molecule has 0 aliphatic carbocycles. The number of nitrogens with one attached hydrogen (secondary N) is 1. The summed E-state index contributed by atoms with van der Waals surface area (Å²) in [7, 11) is 0. The van der Waals surface area contributed by atoms with Crippen molar-refractivity contribution in [1.29, 1.82) is 0 Å².